The van der Waals surface area contributed by atoms with Gasteiger partial charge in [0.1, 0.15) is 0 Å². The molecule has 1 aromatic rings. The summed E-state index contributed by atoms with van der Waals surface area (Å²) in [6.07, 6.45) is 1.54. The number of benzene rings is 1. The maximum Gasteiger partial charge on any atom is 0.233 e. The highest BCUT2D eigenvalue weighted by molar-refractivity contribution is 6.30. The quantitative estimate of drug-likeness (QED) is 0.594. The van der Waals surface area contributed by atoms with Gasteiger partial charge in [0.15, 0.2) is 0 Å². The Morgan fingerprint density at radius 2 is 2.05 bits per heavy atom. The first-order chi connectivity index (χ1) is 10.7. The van der Waals surface area contributed by atoms with Crippen LogP contribution in [0.1, 0.15) is 19.8 Å². The van der Waals surface area contributed by atoms with Gasteiger partial charge in [-0.1, -0.05) is 24.6 Å². The lowest BCUT2D eigenvalue weighted by molar-refractivity contribution is -0.121. The minimum absolute atomic E-state index is 0.0372. The first-order valence-corrected chi connectivity index (χ1v) is 8.31. The molecule has 1 heterocycles. The van der Waals surface area contributed by atoms with Crippen molar-refractivity contribution < 1.29 is 4.79 Å². The van der Waals surface area contributed by atoms with Gasteiger partial charge in [0.2, 0.25) is 5.91 Å². The van der Waals surface area contributed by atoms with Crippen molar-refractivity contribution in [3.63, 3.8) is 0 Å². The van der Waals surface area contributed by atoms with Crippen LogP contribution in [0.5, 0.6) is 0 Å². The number of amides is 1. The van der Waals surface area contributed by atoms with Gasteiger partial charge in [-0.15, -0.1) is 0 Å². The molecule has 0 aromatic heterocycles. The van der Waals surface area contributed by atoms with Crippen LogP contribution in [0.25, 0.3) is 0 Å². The van der Waals surface area contributed by atoms with Gasteiger partial charge in [-0.25, -0.2) is 5.43 Å². The number of hydrazine groups is 1. The van der Waals surface area contributed by atoms with Crippen LogP contribution in [0.4, 0.5) is 5.69 Å². The number of halogens is 1. The Bertz CT molecular complexity index is 475. The molecule has 5 nitrogen and oxygen atoms in total. The van der Waals surface area contributed by atoms with Gasteiger partial charge in [-0.3, -0.25) is 15.1 Å². The van der Waals surface area contributed by atoms with E-state index in [2.05, 4.69) is 26.7 Å². The van der Waals surface area contributed by atoms with E-state index in [9.17, 15) is 4.79 Å². The maximum absolute atomic E-state index is 11.1. The van der Waals surface area contributed by atoms with Crippen molar-refractivity contribution >= 4 is 23.2 Å². The molecule has 0 spiro atoms. The summed E-state index contributed by atoms with van der Waals surface area (Å²) in [5, 5.41) is 0.792. The van der Waals surface area contributed by atoms with Crippen LogP contribution in [0.2, 0.25) is 5.02 Å². The van der Waals surface area contributed by atoms with E-state index in [1.54, 1.807) is 0 Å². The molecular weight excluding hydrogens is 300 g/mol. The van der Waals surface area contributed by atoms with Crippen LogP contribution >= 0.6 is 11.6 Å². The maximum atomic E-state index is 11.1. The highest BCUT2D eigenvalue weighted by Crippen LogP contribution is 2.20. The van der Waals surface area contributed by atoms with Crippen molar-refractivity contribution in [1.29, 1.82) is 0 Å². The second-order valence-corrected chi connectivity index (χ2v) is 5.93. The zero-order chi connectivity index (χ0) is 15.8. The van der Waals surface area contributed by atoms with Crippen LogP contribution in [0.3, 0.4) is 0 Å². The van der Waals surface area contributed by atoms with Crippen LogP contribution in [0, 0.1) is 0 Å². The standard InChI is InChI=1S/C16H25ClN4O/c1-2-16(22)19-18-7-4-8-20-9-11-21(12-10-20)15-6-3-5-14(17)13-15/h3,5-6,13,18H,2,4,7-12H2,1H3,(H,19,22). The fraction of sp³-hybridized carbons (Fsp3) is 0.562. The van der Waals surface area contributed by atoms with Crippen molar-refractivity contribution in [3.05, 3.63) is 29.3 Å². The van der Waals surface area contributed by atoms with E-state index in [0.717, 1.165) is 50.7 Å². The van der Waals surface area contributed by atoms with Crippen LogP contribution in [0.15, 0.2) is 24.3 Å². The number of nitrogens with zero attached hydrogens (tertiary/aromatic N) is 2. The van der Waals surface area contributed by atoms with E-state index in [0.29, 0.717) is 6.42 Å². The summed E-state index contributed by atoms with van der Waals surface area (Å²) >= 11 is 6.05. The Kier molecular flexibility index (Phi) is 6.96. The average Bonchev–Trinajstić information content (AvgIpc) is 2.55. The molecule has 2 N–H and O–H groups in total. The van der Waals surface area contributed by atoms with Gasteiger partial charge >= 0.3 is 0 Å². The number of hydrogen-bond donors (Lipinski definition) is 2. The second kappa shape index (κ2) is 8.98. The molecule has 0 radical (unpaired) electrons. The Morgan fingerprint density at radius 1 is 1.27 bits per heavy atom. The Morgan fingerprint density at radius 3 is 2.73 bits per heavy atom. The molecule has 1 saturated heterocycles. The predicted molar refractivity (Wildman–Crippen MR) is 91.2 cm³/mol. The molecule has 22 heavy (non-hydrogen) atoms. The van der Waals surface area contributed by atoms with Gasteiger partial charge in [-0.05, 0) is 31.2 Å². The summed E-state index contributed by atoms with van der Waals surface area (Å²) in [5.74, 6) is 0.0372. The van der Waals surface area contributed by atoms with Crippen LogP contribution in [-0.2, 0) is 4.79 Å². The van der Waals surface area contributed by atoms with E-state index < -0.39 is 0 Å². The third-order valence-corrected chi connectivity index (χ3v) is 4.11. The van der Waals surface area contributed by atoms with Crippen molar-refractivity contribution in [2.45, 2.75) is 19.8 Å². The Labute approximate surface area is 137 Å². The van der Waals surface area contributed by atoms with Crippen molar-refractivity contribution in [2.24, 2.45) is 0 Å². The number of rotatable bonds is 7. The number of carbonyl (C=O) groups excluding carboxylic acids is 1. The molecule has 0 bridgehead atoms. The highest BCUT2D eigenvalue weighted by Gasteiger charge is 2.16. The highest BCUT2D eigenvalue weighted by atomic mass is 35.5. The van der Waals surface area contributed by atoms with Gasteiger partial charge < -0.3 is 4.90 Å². The minimum Gasteiger partial charge on any atom is -0.369 e. The fourth-order valence-electron chi connectivity index (χ4n) is 2.54. The smallest absolute Gasteiger partial charge is 0.233 e. The van der Waals surface area contributed by atoms with Gasteiger partial charge in [-0.2, -0.15) is 0 Å². The third-order valence-electron chi connectivity index (χ3n) is 3.87. The largest absolute Gasteiger partial charge is 0.369 e. The van der Waals surface area contributed by atoms with Gasteiger partial charge in [0.25, 0.3) is 0 Å². The summed E-state index contributed by atoms with van der Waals surface area (Å²) < 4.78 is 0. The fourth-order valence-corrected chi connectivity index (χ4v) is 2.73. The molecule has 0 atom stereocenters. The Hall–Kier alpha value is -1.30. The molecule has 122 valence electrons. The molecule has 6 heteroatoms. The van der Waals surface area contributed by atoms with Crippen LogP contribution < -0.4 is 15.8 Å². The normalized spacial score (nSPS) is 15.8. The lowest BCUT2D eigenvalue weighted by Gasteiger charge is -2.36. The molecule has 1 fully saturated rings. The topological polar surface area (TPSA) is 47.6 Å². The average molecular weight is 325 g/mol. The van der Waals surface area contributed by atoms with E-state index in [4.69, 9.17) is 11.6 Å². The van der Waals surface area contributed by atoms with Crippen molar-refractivity contribution in [1.82, 2.24) is 15.8 Å². The second-order valence-electron chi connectivity index (χ2n) is 5.49. The number of carbonyl (C=O) groups is 1. The van der Waals surface area contributed by atoms with E-state index in [1.165, 1.54) is 5.69 Å². The molecule has 1 amide bonds. The summed E-state index contributed by atoms with van der Waals surface area (Å²) in [7, 11) is 0. The molecule has 0 aliphatic carbocycles. The summed E-state index contributed by atoms with van der Waals surface area (Å²) in [5.41, 5.74) is 6.85. The number of piperazine rings is 1. The zero-order valence-corrected chi connectivity index (χ0v) is 13.9. The summed E-state index contributed by atoms with van der Waals surface area (Å²) in [6, 6.07) is 8.05. The summed E-state index contributed by atoms with van der Waals surface area (Å²) in [4.78, 5) is 15.9. The predicted octanol–water partition coefficient (Wildman–Crippen LogP) is 1.88. The summed E-state index contributed by atoms with van der Waals surface area (Å²) in [6.45, 7) is 7.89. The molecule has 1 aliphatic rings. The lowest BCUT2D eigenvalue weighted by atomic mass is 10.2. The molecule has 2 rings (SSSR count). The molecule has 1 aliphatic heterocycles. The van der Waals surface area contributed by atoms with E-state index in [-0.39, 0.29) is 5.91 Å². The SMILES string of the molecule is CCC(=O)NNCCCN1CCN(c2cccc(Cl)c2)CC1. The van der Waals surface area contributed by atoms with Gasteiger partial charge in [0.05, 0.1) is 0 Å². The monoisotopic (exact) mass is 324 g/mol. The Balaban J connectivity index is 1.62. The van der Waals surface area contributed by atoms with Crippen molar-refractivity contribution in [2.75, 3.05) is 44.2 Å². The molecular formula is C16H25ClN4O. The van der Waals surface area contributed by atoms with Crippen molar-refractivity contribution in [3.8, 4) is 0 Å². The molecule has 0 unspecified atom stereocenters. The molecule has 0 saturated carbocycles. The zero-order valence-electron chi connectivity index (χ0n) is 13.1. The minimum atomic E-state index is 0.0372. The molecule has 1 aromatic carbocycles. The van der Waals surface area contributed by atoms with Gasteiger partial charge in [0, 0.05) is 49.9 Å². The van der Waals surface area contributed by atoms with Crippen LogP contribution in [-0.4, -0.2) is 50.1 Å². The third kappa shape index (κ3) is 5.48. The first-order valence-electron chi connectivity index (χ1n) is 7.93. The first kappa shape index (κ1) is 17.1. The number of anilines is 1. The lowest BCUT2D eigenvalue weighted by Crippen LogP contribution is -2.47. The van der Waals surface area contributed by atoms with E-state index in [1.807, 2.05) is 25.1 Å². The number of nitrogens with one attached hydrogen (secondary N) is 2. The number of hydrogen-bond acceptors (Lipinski definition) is 4. The van der Waals surface area contributed by atoms with E-state index >= 15 is 0 Å².